The summed E-state index contributed by atoms with van der Waals surface area (Å²) in [5, 5.41) is 0. The van der Waals surface area contributed by atoms with Crippen molar-refractivity contribution in [3.63, 3.8) is 0 Å². The first-order valence-corrected chi connectivity index (χ1v) is 5.17. The van der Waals surface area contributed by atoms with Crippen LogP contribution >= 0.6 is 0 Å². The van der Waals surface area contributed by atoms with Gasteiger partial charge in [-0.2, -0.15) is 0 Å². The van der Waals surface area contributed by atoms with Gasteiger partial charge in [0.1, 0.15) is 5.82 Å². The average molecular weight is 203 g/mol. The first kappa shape index (κ1) is 10.0. The van der Waals surface area contributed by atoms with Crippen LogP contribution in [-0.4, -0.2) is 9.38 Å². The van der Waals surface area contributed by atoms with Gasteiger partial charge in [0.15, 0.2) is 0 Å². The molecule has 0 aromatic carbocycles. The van der Waals surface area contributed by atoms with E-state index in [1.165, 1.54) is 0 Å². The Morgan fingerprint density at radius 3 is 2.80 bits per heavy atom. The number of hydrogen-bond acceptors (Lipinski definition) is 2. The van der Waals surface area contributed by atoms with E-state index in [1.807, 2.05) is 24.5 Å². The minimum Gasteiger partial charge on any atom is -0.399 e. The second-order valence-corrected chi connectivity index (χ2v) is 5.17. The lowest BCUT2D eigenvalue weighted by Gasteiger charge is -2.16. The molecule has 0 aliphatic carbocycles. The first-order valence-electron chi connectivity index (χ1n) is 5.17. The third-order valence-corrected chi connectivity index (χ3v) is 2.32. The molecule has 2 aromatic heterocycles. The van der Waals surface area contributed by atoms with Gasteiger partial charge in [0, 0.05) is 18.3 Å². The molecule has 0 atom stereocenters. The highest BCUT2D eigenvalue weighted by Crippen LogP contribution is 2.21. The van der Waals surface area contributed by atoms with Crippen LogP contribution in [0.25, 0.3) is 5.52 Å². The molecule has 0 saturated heterocycles. The second kappa shape index (κ2) is 3.26. The van der Waals surface area contributed by atoms with E-state index in [0.29, 0.717) is 0 Å². The molecule has 0 radical (unpaired) electrons. The molecule has 80 valence electrons. The van der Waals surface area contributed by atoms with Crippen LogP contribution in [0, 0.1) is 5.41 Å². The normalized spacial score (nSPS) is 12.2. The molecule has 0 bridgehead atoms. The summed E-state index contributed by atoms with van der Waals surface area (Å²) in [7, 11) is 0. The van der Waals surface area contributed by atoms with Gasteiger partial charge in [-0.05, 0) is 17.5 Å². The summed E-state index contributed by atoms with van der Waals surface area (Å²) in [5.41, 5.74) is 7.82. The van der Waals surface area contributed by atoms with Crippen molar-refractivity contribution in [3.05, 3.63) is 30.4 Å². The van der Waals surface area contributed by atoms with Gasteiger partial charge in [-0.15, -0.1) is 0 Å². The maximum Gasteiger partial charge on any atom is 0.113 e. The summed E-state index contributed by atoms with van der Waals surface area (Å²) in [6, 6.07) is 3.85. The molecule has 2 heterocycles. The van der Waals surface area contributed by atoms with Crippen molar-refractivity contribution in [2.24, 2.45) is 5.41 Å². The Morgan fingerprint density at radius 1 is 1.40 bits per heavy atom. The third kappa shape index (κ3) is 2.12. The molecule has 2 rings (SSSR count). The maximum atomic E-state index is 5.72. The van der Waals surface area contributed by atoms with Crippen LogP contribution in [0.2, 0.25) is 0 Å². The fourth-order valence-electron chi connectivity index (χ4n) is 1.68. The zero-order valence-electron chi connectivity index (χ0n) is 9.49. The number of pyridine rings is 1. The average Bonchev–Trinajstić information content (AvgIpc) is 2.45. The number of fused-ring (bicyclic) bond motifs is 1. The van der Waals surface area contributed by atoms with Crippen LogP contribution in [-0.2, 0) is 6.42 Å². The molecule has 0 aliphatic heterocycles. The van der Waals surface area contributed by atoms with Gasteiger partial charge in [-0.3, -0.25) is 0 Å². The molecule has 0 spiro atoms. The first-order chi connectivity index (χ1) is 6.96. The Labute approximate surface area is 89.9 Å². The number of hydrogen-bond donors (Lipinski definition) is 1. The maximum absolute atomic E-state index is 5.72. The van der Waals surface area contributed by atoms with Crippen LogP contribution < -0.4 is 5.73 Å². The van der Waals surface area contributed by atoms with Crippen molar-refractivity contribution in [2.45, 2.75) is 27.2 Å². The van der Waals surface area contributed by atoms with Crippen molar-refractivity contribution in [2.75, 3.05) is 5.73 Å². The fraction of sp³-hybridized carbons (Fsp3) is 0.417. The van der Waals surface area contributed by atoms with E-state index in [2.05, 4.69) is 30.2 Å². The van der Waals surface area contributed by atoms with Crippen molar-refractivity contribution < 1.29 is 0 Å². The number of nitrogens with two attached hydrogens (primary N) is 1. The monoisotopic (exact) mass is 203 g/mol. The number of anilines is 1. The molecule has 0 unspecified atom stereocenters. The molecular weight excluding hydrogens is 186 g/mol. The van der Waals surface area contributed by atoms with Gasteiger partial charge in [0.25, 0.3) is 0 Å². The number of nitrogens with zero attached hydrogens (tertiary/aromatic N) is 2. The molecular formula is C12H17N3. The molecule has 0 saturated carbocycles. The second-order valence-electron chi connectivity index (χ2n) is 5.17. The summed E-state index contributed by atoms with van der Waals surface area (Å²) in [6.45, 7) is 6.64. The number of aromatic nitrogens is 2. The van der Waals surface area contributed by atoms with Crippen molar-refractivity contribution in [1.82, 2.24) is 9.38 Å². The minimum absolute atomic E-state index is 0.253. The zero-order valence-corrected chi connectivity index (χ0v) is 9.49. The minimum atomic E-state index is 0.253. The standard InChI is InChI=1S/C12H17N3/c1-12(2,3)7-11-14-8-10-6-9(13)4-5-15(10)11/h4-6,8H,7,13H2,1-3H3. The van der Waals surface area contributed by atoms with E-state index in [4.69, 9.17) is 5.73 Å². The van der Waals surface area contributed by atoms with Crippen LogP contribution in [0.4, 0.5) is 5.69 Å². The van der Waals surface area contributed by atoms with Gasteiger partial charge in [-0.1, -0.05) is 20.8 Å². The molecule has 3 nitrogen and oxygen atoms in total. The fourth-order valence-corrected chi connectivity index (χ4v) is 1.68. The lowest BCUT2D eigenvalue weighted by molar-refractivity contribution is 0.400. The Kier molecular flexibility index (Phi) is 2.18. The molecule has 3 heteroatoms. The van der Waals surface area contributed by atoms with E-state index in [9.17, 15) is 0 Å². The summed E-state index contributed by atoms with van der Waals surface area (Å²) in [4.78, 5) is 4.43. The molecule has 0 aliphatic rings. The van der Waals surface area contributed by atoms with Crippen LogP contribution in [0.1, 0.15) is 26.6 Å². The van der Waals surface area contributed by atoms with Crippen molar-refractivity contribution in [3.8, 4) is 0 Å². The molecule has 0 amide bonds. The van der Waals surface area contributed by atoms with E-state index >= 15 is 0 Å². The predicted octanol–water partition coefficient (Wildman–Crippen LogP) is 2.51. The molecule has 15 heavy (non-hydrogen) atoms. The lowest BCUT2D eigenvalue weighted by atomic mass is 9.92. The van der Waals surface area contributed by atoms with Crippen LogP contribution in [0.5, 0.6) is 0 Å². The highest BCUT2D eigenvalue weighted by Gasteiger charge is 2.14. The lowest BCUT2D eigenvalue weighted by Crippen LogP contribution is -2.11. The smallest absolute Gasteiger partial charge is 0.113 e. The highest BCUT2D eigenvalue weighted by molar-refractivity contribution is 5.55. The van der Waals surface area contributed by atoms with Crippen molar-refractivity contribution >= 4 is 11.2 Å². The number of rotatable bonds is 1. The predicted molar refractivity (Wildman–Crippen MR) is 62.8 cm³/mol. The number of nitrogen functional groups attached to an aromatic ring is 1. The van der Waals surface area contributed by atoms with Gasteiger partial charge >= 0.3 is 0 Å². The van der Waals surface area contributed by atoms with E-state index in [1.54, 1.807) is 0 Å². The third-order valence-electron chi connectivity index (χ3n) is 2.32. The molecule has 2 N–H and O–H groups in total. The van der Waals surface area contributed by atoms with Crippen LogP contribution in [0.3, 0.4) is 0 Å². The number of imidazole rings is 1. The summed E-state index contributed by atoms with van der Waals surface area (Å²) >= 11 is 0. The Balaban J connectivity index is 2.45. The summed E-state index contributed by atoms with van der Waals surface area (Å²) in [5.74, 6) is 1.09. The Hall–Kier alpha value is -1.51. The van der Waals surface area contributed by atoms with Crippen LogP contribution in [0.15, 0.2) is 24.5 Å². The highest BCUT2D eigenvalue weighted by atomic mass is 15.0. The molecule has 2 aromatic rings. The van der Waals surface area contributed by atoms with Gasteiger partial charge in [-0.25, -0.2) is 4.98 Å². The van der Waals surface area contributed by atoms with E-state index in [-0.39, 0.29) is 5.41 Å². The van der Waals surface area contributed by atoms with Gasteiger partial charge < -0.3 is 10.1 Å². The van der Waals surface area contributed by atoms with Gasteiger partial charge in [0.05, 0.1) is 11.7 Å². The van der Waals surface area contributed by atoms with E-state index in [0.717, 1.165) is 23.4 Å². The largest absolute Gasteiger partial charge is 0.399 e. The van der Waals surface area contributed by atoms with Gasteiger partial charge in [0.2, 0.25) is 0 Å². The van der Waals surface area contributed by atoms with Crippen molar-refractivity contribution in [1.29, 1.82) is 0 Å². The SMILES string of the molecule is CC(C)(C)Cc1ncc2cc(N)ccn12. The zero-order chi connectivity index (χ0) is 11.1. The Bertz CT molecular complexity index is 477. The topological polar surface area (TPSA) is 43.3 Å². The molecule has 0 fully saturated rings. The summed E-state index contributed by atoms with van der Waals surface area (Å²) in [6.07, 6.45) is 4.82. The quantitative estimate of drug-likeness (QED) is 0.773. The Morgan fingerprint density at radius 2 is 2.13 bits per heavy atom. The summed E-state index contributed by atoms with van der Waals surface area (Å²) < 4.78 is 2.10. The van der Waals surface area contributed by atoms with E-state index < -0.39 is 0 Å².